The number of rotatable bonds is 3. The fourth-order valence-corrected chi connectivity index (χ4v) is 2.33. The first kappa shape index (κ1) is 11.3. The SMILES string of the molecule is O=C1C2CCCN2C(=O)CN1CC(O)CO. The van der Waals surface area contributed by atoms with E-state index in [2.05, 4.69) is 0 Å². The van der Waals surface area contributed by atoms with Crippen LogP contribution in [-0.4, -0.2) is 70.2 Å². The molecule has 2 rings (SSSR count). The number of carbonyl (C=O) groups is 2. The number of piperazine rings is 1. The molecule has 0 aliphatic carbocycles. The van der Waals surface area contributed by atoms with Crippen molar-refractivity contribution in [2.45, 2.75) is 25.0 Å². The maximum absolute atomic E-state index is 11.9. The van der Waals surface area contributed by atoms with Crippen LogP contribution in [0.25, 0.3) is 0 Å². The predicted octanol–water partition coefficient (Wildman–Crippen LogP) is -1.83. The minimum atomic E-state index is -0.968. The molecule has 2 fully saturated rings. The van der Waals surface area contributed by atoms with Crippen LogP contribution in [0.3, 0.4) is 0 Å². The van der Waals surface area contributed by atoms with Crippen LogP contribution < -0.4 is 0 Å². The molecule has 0 saturated carbocycles. The Labute approximate surface area is 93.4 Å². The minimum absolute atomic E-state index is 0.0202. The van der Waals surface area contributed by atoms with Crippen LogP contribution in [-0.2, 0) is 9.59 Å². The Balaban J connectivity index is 2.05. The van der Waals surface area contributed by atoms with Gasteiger partial charge >= 0.3 is 0 Å². The Morgan fingerprint density at radius 3 is 2.88 bits per heavy atom. The lowest BCUT2D eigenvalue weighted by atomic mass is 10.1. The number of aliphatic hydroxyl groups is 2. The second-order valence-corrected chi connectivity index (χ2v) is 4.30. The molecule has 0 bridgehead atoms. The summed E-state index contributed by atoms with van der Waals surface area (Å²) < 4.78 is 0. The lowest BCUT2D eigenvalue weighted by Crippen LogP contribution is -2.58. The first-order valence-electron chi connectivity index (χ1n) is 5.50. The van der Waals surface area contributed by atoms with E-state index in [0.29, 0.717) is 13.0 Å². The van der Waals surface area contributed by atoms with Crippen molar-refractivity contribution in [1.82, 2.24) is 9.80 Å². The topological polar surface area (TPSA) is 81.1 Å². The van der Waals surface area contributed by atoms with E-state index in [1.54, 1.807) is 4.90 Å². The summed E-state index contributed by atoms with van der Waals surface area (Å²) in [6, 6.07) is -0.341. The van der Waals surface area contributed by atoms with E-state index in [9.17, 15) is 14.7 Å². The highest BCUT2D eigenvalue weighted by atomic mass is 16.3. The van der Waals surface area contributed by atoms with Crippen molar-refractivity contribution < 1.29 is 19.8 Å². The fraction of sp³-hybridized carbons (Fsp3) is 0.800. The minimum Gasteiger partial charge on any atom is -0.394 e. The number of fused-ring (bicyclic) bond motifs is 1. The molecule has 0 aromatic carbocycles. The second kappa shape index (κ2) is 4.39. The molecule has 2 aliphatic heterocycles. The van der Waals surface area contributed by atoms with Crippen LogP contribution in [0, 0.1) is 0 Å². The van der Waals surface area contributed by atoms with E-state index < -0.39 is 12.7 Å². The fourth-order valence-electron chi connectivity index (χ4n) is 2.33. The largest absolute Gasteiger partial charge is 0.394 e. The molecule has 2 unspecified atom stereocenters. The Morgan fingerprint density at radius 1 is 1.44 bits per heavy atom. The lowest BCUT2D eigenvalue weighted by Gasteiger charge is -2.37. The van der Waals surface area contributed by atoms with E-state index in [1.165, 1.54) is 4.90 Å². The van der Waals surface area contributed by atoms with E-state index in [0.717, 1.165) is 6.42 Å². The Bertz CT molecular complexity index is 307. The molecule has 0 radical (unpaired) electrons. The molecule has 2 atom stereocenters. The highest BCUT2D eigenvalue weighted by molar-refractivity contribution is 5.95. The number of nitrogens with zero attached hydrogens (tertiary/aromatic N) is 2. The highest BCUT2D eigenvalue weighted by Crippen LogP contribution is 2.23. The summed E-state index contributed by atoms with van der Waals surface area (Å²) in [7, 11) is 0. The van der Waals surface area contributed by atoms with Gasteiger partial charge in [0.15, 0.2) is 0 Å². The summed E-state index contributed by atoms with van der Waals surface area (Å²) in [6.07, 6.45) is 0.596. The summed E-state index contributed by atoms with van der Waals surface area (Å²) in [5.41, 5.74) is 0. The van der Waals surface area contributed by atoms with E-state index in [4.69, 9.17) is 5.11 Å². The van der Waals surface area contributed by atoms with Crippen LogP contribution in [0.2, 0.25) is 0 Å². The molecular formula is C10H16N2O4. The molecule has 2 heterocycles. The van der Waals surface area contributed by atoms with Crippen LogP contribution in [0.4, 0.5) is 0 Å². The van der Waals surface area contributed by atoms with Gasteiger partial charge in [-0.1, -0.05) is 0 Å². The van der Waals surface area contributed by atoms with Gasteiger partial charge < -0.3 is 20.0 Å². The van der Waals surface area contributed by atoms with E-state index in [1.807, 2.05) is 0 Å². The predicted molar refractivity (Wildman–Crippen MR) is 54.4 cm³/mol. The molecule has 6 heteroatoms. The molecule has 2 N–H and O–H groups in total. The third-order valence-corrected chi connectivity index (χ3v) is 3.14. The van der Waals surface area contributed by atoms with Crippen molar-refractivity contribution in [1.29, 1.82) is 0 Å². The molecule has 16 heavy (non-hydrogen) atoms. The van der Waals surface area contributed by atoms with Gasteiger partial charge in [-0.3, -0.25) is 9.59 Å². The van der Waals surface area contributed by atoms with Crippen LogP contribution in [0.1, 0.15) is 12.8 Å². The number of hydrogen-bond donors (Lipinski definition) is 2. The summed E-state index contributed by atoms with van der Waals surface area (Å²) >= 11 is 0. The quantitative estimate of drug-likeness (QED) is 0.595. The normalized spacial score (nSPS) is 27.2. The van der Waals surface area contributed by atoms with Crippen LogP contribution >= 0.6 is 0 Å². The highest BCUT2D eigenvalue weighted by Gasteiger charge is 2.42. The maximum Gasteiger partial charge on any atom is 0.245 e. The standard InChI is InChI=1S/C10H16N2O4/c13-6-7(14)4-11-5-9(15)12-3-1-2-8(12)10(11)16/h7-8,13-14H,1-6H2. The van der Waals surface area contributed by atoms with Gasteiger partial charge in [0.2, 0.25) is 11.8 Å². The molecule has 6 nitrogen and oxygen atoms in total. The maximum atomic E-state index is 11.9. The molecule has 90 valence electrons. The van der Waals surface area contributed by atoms with Gasteiger partial charge in [0.25, 0.3) is 0 Å². The third-order valence-electron chi connectivity index (χ3n) is 3.14. The van der Waals surface area contributed by atoms with Crippen LogP contribution in [0.5, 0.6) is 0 Å². The number of carbonyl (C=O) groups excluding carboxylic acids is 2. The third kappa shape index (κ3) is 1.90. The summed E-state index contributed by atoms with van der Waals surface area (Å²) in [5, 5.41) is 18.0. The smallest absolute Gasteiger partial charge is 0.245 e. The molecule has 0 aromatic heterocycles. The summed E-state index contributed by atoms with van der Waals surface area (Å²) in [4.78, 5) is 26.6. The Kier molecular flexibility index (Phi) is 3.11. The average molecular weight is 228 g/mol. The van der Waals surface area contributed by atoms with Crippen molar-refractivity contribution in [3.63, 3.8) is 0 Å². The van der Waals surface area contributed by atoms with Crippen molar-refractivity contribution in [2.75, 3.05) is 26.2 Å². The summed E-state index contributed by atoms with van der Waals surface area (Å²) in [5.74, 6) is -0.170. The zero-order valence-corrected chi connectivity index (χ0v) is 9.00. The monoisotopic (exact) mass is 228 g/mol. The van der Waals surface area contributed by atoms with Gasteiger partial charge in [0.05, 0.1) is 19.3 Å². The molecule has 2 saturated heterocycles. The zero-order valence-electron chi connectivity index (χ0n) is 9.00. The molecule has 0 spiro atoms. The lowest BCUT2D eigenvalue weighted by molar-refractivity contribution is -0.155. The number of amides is 2. The van der Waals surface area contributed by atoms with Gasteiger partial charge in [-0.2, -0.15) is 0 Å². The van der Waals surface area contributed by atoms with Gasteiger partial charge in [0.1, 0.15) is 6.04 Å². The van der Waals surface area contributed by atoms with Crippen molar-refractivity contribution in [3.8, 4) is 0 Å². The van der Waals surface area contributed by atoms with Crippen molar-refractivity contribution >= 4 is 11.8 Å². The molecular weight excluding hydrogens is 212 g/mol. The molecule has 0 aromatic rings. The first-order valence-corrected chi connectivity index (χ1v) is 5.50. The van der Waals surface area contributed by atoms with Gasteiger partial charge in [-0.15, -0.1) is 0 Å². The van der Waals surface area contributed by atoms with Gasteiger partial charge in [-0.25, -0.2) is 0 Å². The van der Waals surface area contributed by atoms with Gasteiger partial charge in [0, 0.05) is 13.1 Å². The first-order chi connectivity index (χ1) is 7.63. The average Bonchev–Trinajstić information content (AvgIpc) is 2.74. The molecule has 2 aliphatic rings. The Morgan fingerprint density at radius 2 is 2.19 bits per heavy atom. The number of hydrogen-bond acceptors (Lipinski definition) is 4. The van der Waals surface area contributed by atoms with E-state index >= 15 is 0 Å². The van der Waals surface area contributed by atoms with Crippen molar-refractivity contribution in [2.24, 2.45) is 0 Å². The van der Waals surface area contributed by atoms with Crippen LogP contribution in [0.15, 0.2) is 0 Å². The van der Waals surface area contributed by atoms with Gasteiger partial charge in [-0.05, 0) is 12.8 Å². The second-order valence-electron chi connectivity index (χ2n) is 4.30. The molecule has 2 amide bonds. The Hall–Kier alpha value is -1.14. The van der Waals surface area contributed by atoms with Crippen molar-refractivity contribution in [3.05, 3.63) is 0 Å². The number of β-amino-alcohol motifs (C(OH)–C–C–N with tert-alkyl or cyclic N) is 1. The zero-order chi connectivity index (χ0) is 11.7. The summed E-state index contributed by atoms with van der Waals surface area (Å²) in [6.45, 7) is 0.315. The number of aliphatic hydroxyl groups excluding tert-OH is 2. The van der Waals surface area contributed by atoms with E-state index in [-0.39, 0.29) is 30.9 Å².